The van der Waals surface area contributed by atoms with Gasteiger partial charge in [0.25, 0.3) is 0 Å². The Labute approximate surface area is 128 Å². The Morgan fingerprint density at radius 3 is 2.35 bits per heavy atom. The number of carbonyl (C=O) groups is 2. The maximum absolute atomic E-state index is 12.2. The zero-order valence-electron chi connectivity index (χ0n) is 11.9. The fourth-order valence-electron chi connectivity index (χ4n) is 2.52. The van der Waals surface area contributed by atoms with Gasteiger partial charge in [-0.05, 0) is 24.0 Å². The lowest BCUT2D eigenvalue weighted by atomic mass is 9.88. The summed E-state index contributed by atoms with van der Waals surface area (Å²) in [5, 5.41) is 0. The van der Waals surface area contributed by atoms with E-state index in [1.54, 1.807) is 0 Å². The number of piperidine rings is 1. The standard InChI is InChI=1S/C16H20BrNO2/c1-11(2)7-8-18-15(19)9-12(10-16(18)20)13-5-3-4-6-14(13)17/h3-6,11-12H,7-10H2,1-2H3. The van der Waals surface area contributed by atoms with E-state index in [2.05, 4.69) is 29.8 Å². The number of amides is 2. The van der Waals surface area contributed by atoms with Crippen molar-refractivity contribution in [3.63, 3.8) is 0 Å². The highest BCUT2D eigenvalue weighted by Gasteiger charge is 2.33. The number of carbonyl (C=O) groups excluding carboxylic acids is 2. The quantitative estimate of drug-likeness (QED) is 0.785. The first-order valence-corrected chi connectivity index (χ1v) is 7.86. The molecule has 2 rings (SSSR count). The average Bonchev–Trinajstić information content (AvgIpc) is 2.37. The predicted molar refractivity (Wildman–Crippen MR) is 82.3 cm³/mol. The SMILES string of the molecule is CC(C)CCN1C(=O)CC(c2ccccc2Br)CC1=O. The summed E-state index contributed by atoms with van der Waals surface area (Å²) >= 11 is 3.50. The van der Waals surface area contributed by atoms with Crippen LogP contribution in [0.1, 0.15) is 44.6 Å². The molecule has 1 aliphatic rings. The molecule has 1 heterocycles. The Morgan fingerprint density at radius 2 is 1.80 bits per heavy atom. The van der Waals surface area contributed by atoms with E-state index in [1.807, 2.05) is 24.3 Å². The van der Waals surface area contributed by atoms with E-state index < -0.39 is 0 Å². The summed E-state index contributed by atoms with van der Waals surface area (Å²) in [6.07, 6.45) is 1.72. The molecule has 0 N–H and O–H groups in total. The van der Waals surface area contributed by atoms with Crippen molar-refractivity contribution in [1.82, 2.24) is 4.90 Å². The normalized spacial score (nSPS) is 17.1. The lowest BCUT2D eigenvalue weighted by Gasteiger charge is -2.31. The maximum atomic E-state index is 12.2. The number of hydrogen-bond donors (Lipinski definition) is 0. The number of nitrogens with zero attached hydrogens (tertiary/aromatic N) is 1. The van der Waals surface area contributed by atoms with Gasteiger partial charge < -0.3 is 0 Å². The highest BCUT2D eigenvalue weighted by molar-refractivity contribution is 9.10. The van der Waals surface area contributed by atoms with Gasteiger partial charge in [0, 0.05) is 29.8 Å². The van der Waals surface area contributed by atoms with Gasteiger partial charge in [0.1, 0.15) is 0 Å². The Morgan fingerprint density at radius 1 is 1.20 bits per heavy atom. The van der Waals surface area contributed by atoms with Crippen molar-refractivity contribution in [1.29, 1.82) is 0 Å². The van der Waals surface area contributed by atoms with Crippen molar-refractivity contribution in [3.8, 4) is 0 Å². The van der Waals surface area contributed by atoms with Crippen molar-refractivity contribution < 1.29 is 9.59 Å². The molecule has 1 fully saturated rings. The van der Waals surface area contributed by atoms with Gasteiger partial charge in [-0.2, -0.15) is 0 Å². The molecule has 0 radical (unpaired) electrons. The minimum atomic E-state index is -0.0392. The second kappa shape index (κ2) is 6.53. The summed E-state index contributed by atoms with van der Waals surface area (Å²) in [7, 11) is 0. The second-order valence-corrected chi connectivity index (χ2v) is 6.60. The van der Waals surface area contributed by atoms with Crippen LogP contribution in [0.3, 0.4) is 0 Å². The van der Waals surface area contributed by atoms with Gasteiger partial charge >= 0.3 is 0 Å². The van der Waals surface area contributed by atoms with Crippen molar-refractivity contribution in [2.75, 3.05) is 6.54 Å². The molecule has 4 heteroatoms. The third-order valence-electron chi connectivity index (χ3n) is 3.72. The summed E-state index contributed by atoms with van der Waals surface area (Å²) in [6, 6.07) is 7.82. The highest BCUT2D eigenvalue weighted by Crippen LogP contribution is 2.34. The topological polar surface area (TPSA) is 37.4 Å². The van der Waals surface area contributed by atoms with Crippen LogP contribution in [0, 0.1) is 5.92 Å². The van der Waals surface area contributed by atoms with E-state index in [0.717, 1.165) is 16.5 Å². The van der Waals surface area contributed by atoms with E-state index in [-0.39, 0.29) is 17.7 Å². The van der Waals surface area contributed by atoms with Crippen LogP contribution in [-0.2, 0) is 9.59 Å². The van der Waals surface area contributed by atoms with Crippen LogP contribution in [0.5, 0.6) is 0 Å². The number of likely N-dealkylation sites (tertiary alicyclic amines) is 1. The summed E-state index contributed by atoms with van der Waals surface area (Å²) < 4.78 is 0.973. The molecule has 20 heavy (non-hydrogen) atoms. The fourth-order valence-corrected chi connectivity index (χ4v) is 3.12. The van der Waals surface area contributed by atoms with Gasteiger partial charge in [-0.25, -0.2) is 0 Å². The van der Waals surface area contributed by atoms with Crippen molar-refractivity contribution in [2.45, 2.75) is 39.0 Å². The molecule has 3 nitrogen and oxygen atoms in total. The smallest absolute Gasteiger partial charge is 0.229 e. The number of rotatable bonds is 4. The van der Waals surface area contributed by atoms with E-state index in [1.165, 1.54) is 4.90 Å². The van der Waals surface area contributed by atoms with E-state index in [4.69, 9.17) is 0 Å². The molecular weight excluding hydrogens is 318 g/mol. The molecule has 108 valence electrons. The molecule has 0 atom stereocenters. The molecule has 0 spiro atoms. The molecule has 2 amide bonds. The van der Waals surface area contributed by atoms with Crippen molar-refractivity contribution in [3.05, 3.63) is 34.3 Å². The van der Waals surface area contributed by atoms with Crippen molar-refractivity contribution in [2.24, 2.45) is 5.92 Å². The van der Waals surface area contributed by atoms with Gasteiger partial charge in [-0.3, -0.25) is 14.5 Å². The summed E-state index contributed by atoms with van der Waals surface area (Å²) in [5.41, 5.74) is 1.05. The van der Waals surface area contributed by atoms with Gasteiger partial charge in [0.15, 0.2) is 0 Å². The summed E-state index contributed by atoms with van der Waals surface area (Å²) in [6.45, 7) is 4.75. The maximum Gasteiger partial charge on any atom is 0.229 e. The van der Waals surface area contributed by atoms with Crippen LogP contribution in [-0.4, -0.2) is 23.3 Å². The van der Waals surface area contributed by atoms with Gasteiger partial charge in [-0.15, -0.1) is 0 Å². The van der Waals surface area contributed by atoms with Crippen LogP contribution < -0.4 is 0 Å². The van der Waals surface area contributed by atoms with Crippen LogP contribution in [0.2, 0.25) is 0 Å². The zero-order valence-corrected chi connectivity index (χ0v) is 13.5. The van der Waals surface area contributed by atoms with Gasteiger partial charge in [0.05, 0.1) is 0 Å². The van der Waals surface area contributed by atoms with Crippen LogP contribution in [0.4, 0.5) is 0 Å². The zero-order chi connectivity index (χ0) is 14.7. The Balaban J connectivity index is 2.08. The molecule has 0 aliphatic carbocycles. The molecule has 0 unspecified atom stereocenters. The molecule has 0 bridgehead atoms. The molecule has 1 saturated heterocycles. The van der Waals surface area contributed by atoms with Crippen LogP contribution in [0.25, 0.3) is 0 Å². The van der Waals surface area contributed by atoms with Gasteiger partial charge in [-0.1, -0.05) is 48.0 Å². The number of halogens is 1. The monoisotopic (exact) mass is 337 g/mol. The molecule has 0 saturated carbocycles. The molecule has 1 aromatic carbocycles. The summed E-state index contributed by atoms with van der Waals surface area (Å²) in [5.74, 6) is 0.419. The van der Waals surface area contributed by atoms with E-state index >= 15 is 0 Å². The summed E-state index contributed by atoms with van der Waals surface area (Å²) in [4.78, 5) is 25.8. The number of benzene rings is 1. The minimum absolute atomic E-state index is 0.000810. The Kier molecular flexibility index (Phi) is 4.97. The first kappa shape index (κ1) is 15.2. The lowest BCUT2D eigenvalue weighted by molar-refractivity contribution is -0.148. The van der Waals surface area contributed by atoms with Crippen LogP contribution >= 0.6 is 15.9 Å². The lowest BCUT2D eigenvalue weighted by Crippen LogP contribution is -2.43. The largest absolute Gasteiger partial charge is 0.283 e. The minimum Gasteiger partial charge on any atom is -0.283 e. The number of imide groups is 1. The third kappa shape index (κ3) is 3.48. The molecule has 0 aromatic heterocycles. The Hall–Kier alpha value is -1.16. The fraction of sp³-hybridized carbons (Fsp3) is 0.500. The van der Waals surface area contributed by atoms with E-state index in [9.17, 15) is 9.59 Å². The second-order valence-electron chi connectivity index (χ2n) is 5.75. The first-order chi connectivity index (χ1) is 9.49. The highest BCUT2D eigenvalue weighted by atomic mass is 79.9. The molecular formula is C16H20BrNO2. The molecule has 1 aliphatic heterocycles. The molecule has 1 aromatic rings. The third-order valence-corrected chi connectivity index (χ3v) is 4.44. The predicted octanol–water partition coefficient (Wildman–Crippen LogP) is 3.73. The number of hydrogen-bond acceptors (Lipinski definition) is 2. The average molecular weight is 338 g/mol. The van der Waals surface area contributed by atoms with Crippen LogP contribution in [0.15, 0.2) is 28.7 Å². The van der Waals surface area contributed by atoms with E-state index in [0.29, 0.717) is 25.3 Å². The van der Waals surface area contributed by atoms with Gasteiger partial charge in [0.2, 0.25) is 11.8 Å². The first-order valence-electron chi connectivity index (χ1n) is 7.06. The Bertz CT molecular complexity index is 495. The van der Waals surface area contributed by atoms with Crippen molar-refractivity contribution >= 4 is 27.7 Å².